The zero-order valence-corrected chi connectivity index (χ0v) is 11.7. The van der Waals surface area contributed by atoms with Crippen molar-refractivity contribution >= 4 is 16.2 Å². The Morgan fingerprint density at radius 1 is 1.30 bits per heavy atom. The quantitative estimate of drug-likeness (QED) is 0.826. The van der Waals surface area contributed by atoms with Crippen molar-refractivity contribution < 1.29 is 22.5 Å². The van der Waals surface area contributed by atoms with E-state index in [-0.39, 0.29) is 6.61 Å². The monoisotopic (exact) mass is 299 g/mol. The first-order valence-corrected chi connectivity index (χ1v) is 7.90. The first-order valence-electron chi connectivity index (χ1n) is 6.40. The van der Waals surface area contributed by atoms with Gasteiger partial charge in [0.15, 0.2) is 0 Å². The molecule has 0 radical (unpaired) electrons. The Kier molecular flexibility index (Phi) is 4.61. The first-order chi connectivity index (χ1) is 9.47. The molecular weight excluding hydrogens is 282 g/mol. The molecule has 110 valence electrons. The van der Waals surface area contributed by atoms with Crippen LogP contribution in [0.5, 0.6) is 0 Å². The molecule has 2 N–H and O–H groups in total. The van der Waals surface area contributed by atoms with Gasteiger partial charge in [-0.2, -0.15) is 8.42 Å². The van der Waals surface area contributed by atoms with Gasteiger partial charge in [-0.25, -0.2) is 4.79 Å². The lowest BCUT2D eigenvalue weighted by Gasteiger charge is -2.18. The van der Waals surface area contributed by atoms with E-state index in [1.165, 1.54) is 0 Å². The van der Waals surface area contributed by atoms with Crippen LogP contribution in [0.3, 0.4) is 0 Å². The molecular formula is C13H17NO5S. The van der Waals surface area contributed by atoms with Gasteiger partial charge in [-0.1, -0.05) is 30.3 Å². The smallest absolute Gasteiger partial charge is 0.407 e. The molecule has 0 saturated heterocycles. The fourth-order valence-corrected chi connectivity index (χ4v) is 3.45. The highest BCUT2D eigenvalue weighted by Crippen LogP contribution is 2.24. The van der Waals surface area contributed by atoms with E-state index in [0.29, 0.717) is 19.3 Å². The van der Waals surface area contributed by atoms with Crippen molar-refractivity contribution in [3.63, 3.8) is 0 Å². The third-order valence-electron chi connectivity index (χ3n) is 3.35. The normalized spacial score (nSPS) is 22.4. The highest BCUT2D eigenvalue weighted by molar-refractivity contribution is 7.86. The number of benzene rings is 1. The average molecular weight is 299 g/mol. The van der Waals surface area contributed by atoms with Gasteiger partial charge in [-0.3, -0.25) is 4.55 Å². The summed E-state index contributed by atoms with van der Waals surface area (Å²) in [6, 6.07) is 8.59. The predicted molar refractivity (Wildman–Crippen MR) is 72.7 cm³/mol. The molecule has 1 amide bonds. The van der Waals surface area contributed by atoms with Crippen LogP contribution < -0.4 is 5.32 Å². The Morgan fingerprint density at radius 2 is 2.00 bits per heavy atom. The minimum Gasteiger partial charge on any atom is -0.445 e. The van der Waals surface area contributed by atoms with E-state index >= 15 is 0 Å². The molecule has 0 spiro atoms. The van der Waals surface area contributed by atoms with Gasteiger partial charge < -0.3 is 10.1 Å². The van der Waals surface area contributed by atoms with Crippen molar-refractivity contribution in [3.8, 4) is 0 Å². The Balaban J connectivity index is 1.85. The van der Waals surface area contributed by atoms with Crippen molar-refractivity contribution in [3.05, 3.63) is 35.9 Å². The number of hydrogen-bond donors (Lipinski definition) is 2. The molecule has 0 aromatic heterocycles. The highest BCUT2D eigenvalue weighted by atomic mass is 32.2. The van der Waals surface area contributed by atoms with Crippen LogP contribution in [0, 0.1) is 0 Å². The zero-order valence-electron chi connectivity index (χ0n) is 10.9. The van der Waals surface area contributed by atoms with E-state index in [2.05, 4.69) is 5.32 Å². The molecule has 1 aromatic rings. The molecule has 20 heavy (non-hydrogen) atoms. The summed E-state index contributed by atoms with van der Waals surface area (Å²) in [5, 5.41) is 1.57. The van der Waals surface area contributed by atoms with Crippen molar-refractivity contribution in [1.82, 2.24) is 5.32 Å². The third kappa shape index (κ3) is 3.94. The molecule has 0 aliphatic heterocycles. The first kappa shape index (κ1) is 14.8. The molecule has 7 heteroatoms. The van der Waals surface area contributed by atoms with Crippen molar-refractivity contribution in [2.24, 2.45) is 0 Å². The minimum atomic E-state index is -4.13. The number of ether oxygens (including phenoxy) is 1. The minimum absolute atomic E-state index is 0.121. The predicted octanol–water partition coefficient (Wildman–Crippen LogP) is 1.72. The molecule has 6 nitrogen and oxygen atoms in total. The van der Waals surface area contributed by atoms with Crippen LogP contribution in [0.4, 0.5) is 4.79 Å². The number of rotatable bonds is 4. The van der Waals surface area contributed by atoms with E-state index in [1.54, 1.807) is 0 Å². The van der Waals surface area contributed by atoms with E-state index in [0.717, 1.165) is 5.56 Å². The Bertz CT molecular complexity index is 557. The van der Waals surface area contributed by atoms with E-state index < -0.39 is 27.5 Å². The van der Waals surface area contributed by atoms with Gasteiger partial charge in [0.05, 0.1) is 6.04 Å². The van der Waals surface area contributed by atoms with E-state index in [9.17, 15) is 13.2 Å². The summed E-state index contributed by atoms with van der Waals surface area (Å²) in [6.07, 6.45) is 0.843. The SMILES string of the molecule is O=C(N[C@@H]1CCC[C@@H]1S(=O)(=O)O)OCc1ccccc1. The lowest BCUT2D eigenvalue weighted by molar-refractivity contribution is 0.136. The fraction of sp³-hybridized carbons (Fsp3) is 0.462. The van der Waals surface area contributed by atoms with Crippen molar-refractivity contribution in [2.75, 3.05) is 0 Å². The Labute approximate surface area is 117 Å². The number of hydrogen-bond acceptors (Lipinski definition) is 4. The maximum atomic E-state index is 11.6. The molecule has 0 bridgehead atoms. The molecule has 1 fully saturated rings. The summed E-state index contributed by atoms with van der Waals surface area (Å²) in [7, 11) is -4.13. The van der Waals surface area contributed by atoms with Crippen LogP contribution in [0.2, 0.25) is 0 Å². The largest absolute Gasteiger partial charge is 0.445 e. The molecule has 1 aromatic carbocycles. The molecule has 0 unspecified atom stereocenters. The summed E-state index contributed by atoms with van der Waals surface area (Å²) < 4.78 is 36.4. The molecule has 1 aliphatic rings. The van der Waals surface area contributed by atoms with Crippen LogP contribution >= 0.6 is 0 Å². The molecule has 2 atom stereocenters. The summed E-state index contributed by atoms with van der Waals surface area (Å²) in [5.41, 5.74) is 0.848. The summed E-state index contributed by atoms with van der Waals surface area (Å²) in [4.78, 5) is 11.6. The number of carbonyl (C=O) groups excluding carboxylic acids is 1. The van der Waals surface area contributed by atoms with Gasteiger partial charge in [0.25, 0.3) is 10.1 Å². The molecule has 2 rings (SSSR count). The molecule has 1 saturated carbocycles. The van der Waals surface area contributed by atoms with Gasteiger partial charge in [0, 0.05) is 0 Å². The second kappa shape index (κ2) is 6.23. The van der Waals surface area contributed by atoms with Crippen molar-refractivity contribution in [1.29, 1.82) is 0 Å². The van der Waals surface area contributed by atoms with Gasteiger partial charge >= 0.3 is 6.09 Å². The Morgan fingerprint density at radius 3 is 2.65 bits per heavy atom. The van der Waals surface area contributed by atoms with E-state index in [4.69, 9.17) is 9.29 Å². The molecule has 1 aliphatic carbocycles. The zero-order chi connectivity index (χ0) is 14.6. The summed E-state index contributed by atoms with van der Waals surface area (Å²) in [5.74, 6) is 0. The van der Waals surface area contributed by atoms with Crippen LogP contribution in [-0.4, -0.2) is 30.4 Å². The topological polar surface area (TPSA) is 92.7 Å². The van der Waals surface area contributed by atoms with E-state index in [1.807, 2.05) is 30.3 Å². The summed E-state index contributed by atoms with van der Waals surface area (Å²) in [6.45, 7) is 0.121. The van der Waals surface area contributed by atoms with Crippen LogP contribution in [0.15, 0.2) is 30.3 Å². The average Bonchev–Trinajstić information content (AvgIpc) is 2.86. The highest BCUT2D eigenvalue weighted by Gasteiger charge is 2.37. The van der Waals surface area contributed by atoms with Crippen LogP contribution in [-0.2, 0) is 21.5 Å². The van der Waals surface area contributed by atoms with Gasteiger partial charge in [0.2, 0.25) is 0 Å². The lowest BCUT2D eigenvalue weighted by Crippen LogP contribution is -2.43. The second-order valence-electron chi connectivity index (χ2n) is 4.80. The van der Waals surface area contributed by atoms with Crippen molar-refractivity contribution in [2.45, 2.75) is 37.2 Å². The van der Waals surface area contributed by atoms with Gasteiger partial charge in [-0.05, 0) is 24.8 Å². The van der Waals surface area contributed by atoms with Gasteiger partial charge in [0.1, 0.15) is 11.9 Å². The maximum absolute atomic E-state index is 11.6. The maximum Gasteiger partial charge on any atom is 0.407 e. The third-order valence-corrected chi connectivity index (χ3v) is 4.68. The van der Waals surface area contributed by atoms with Gasteiger partial charge in [-0.15, -0.1) is 0 Å². The standard InChI is InChI=1S/C13H17NO5S/c15-13(19-9-10-5-2-1-3-6-10)14-11-7-4-8-12(11)20(16,17)18/h1-3,5-6,11-12H,4,7-9H2,(H,14,15)(H,16,17,18)/t11-,12+/m1/s1. The number of nitrogens with one attached hydrogen (secondary N) is 1. The summed E-state index contributed by atoms with van der Waals surface area (Å²) >= 11 is 0. The fourth-order valence-electron chi connectivity index (χ4n) is 2.36. The number of carbonyl (C=O) groups is 1. The number of alkyl carbamates (subject to hydrolysis) is 1. The Hall–Kier alpha value is -1.60. The lowest BCUT2D eigenvalue weighted by atomic mass is 10.2. The van der Waals surface area contributed by atoms with Crippen LogP contribution in [0.25, 0.3) is 0 Å². The van der Waals surface area contributed by atoms with Crippen LogP contribution in [0.1, 0.15) is 24.8 Å². The molecule has 0 heterocycles. The number of amides is 1. The second-order valence-corrected chi connectivity index (χ2v) is 6.43.